The van der Waals surface area contributed by atoms with Gasteiger partial charge >= 0.3 is 10.1 Å². The summed E-state index contributed by atoms with van der Waals surface area (Å²) in [5.41, 5.74) is 2.91. The fourth-order valence-electron chi connectivity index (χ4n) is 4.56. The van der Waals surface area contributed by atoms with E-state index in [0.29, 0.717) is 45.1 Å². The zero-order chi connectivity index (χ0) is 28.7. The van der Waals surface area contributed by atoms with Crippen molar-refractivity contribution in [1.29, 1.82) is 0 Å². The van der Waals surface area contributed by atoms with Crippen molar-refractivity contribution in [2.75, 3.05) is 30.6 Å². The van der Waals surface area contributed by atoms with Gasteiger partial charge in [0, 0.05) is 30.3 Å². The number of hydrogen-bond donors (Lipinski definition) is 1. The second-order valence-electron chi connectivity index (χ2n) is 9.75. The molecule has 1 amide bonds. The number of amides is 1. The quantitative estimate of drug-likeness (QED) is 0.239. The minimum Gasteiger partial charge on any atom is -0.496 e. The van der Waals surface area contributed by atoms with Crippen molar-refractivity contribution < 1.29 is 31.8 Å². The van der Waals surface area contributed by atoms with Crippen LogP contribution in [0.4, 0.5) is 17.1 Å². The molecule has 0 aromatic heterocycles. The number of nitro benzene ring substituents is 1. The molecule has 3 aromatic rings. The van der Waals surface area contributed by atoms with E-state index in [0.717, 1.165) is 6.26 Å². The Kier molecular flexibility index (Phi) is 7.17. The summed E-state index contributed by atoms with van der Waals surface area (Å²) in [6.45, 7) is 5.32. The van der Waals surface area contributed by atoms with Crippen LogP contribution in [0.2, 0.25) is 0 Å². The van der Waals surface area contributed by atoms with E-state index in [1.165, 1.54) is 31.4 Å². The molecule has 1 aliphatic heterocycles. The van der Waals surface area contributed by atoms with Gasteiger partial charge in [-0.2, -0.15) is 8.42 Å². The molecular weight excluding hydrogens is 526 g/mol. The van der Waals surface area contributed by atoms with Gasteiger partial charge in [-0.1, -0.05) is 6.07 Å². The molecule has 3 aromatic carbocycles. The number of nitrogens with one attached hydrogen (secondary N) is 1. The molecule has 12 heteroatoms. The summed E-state index contributed by atoms with van der Waals surface area (Å²) in [4.78, 5) is 25.6. The highest BCUT2D eigenvalue weighted by molar-refractivity contribution is 7.86. The minimum absolute atomic E-state index is 0.0367. The minimum atomic E-state index is -3.75. The Morgan fingerprint density at radius 3 is 2.38 bits per heavy atom. The molecule has 0 unspecified atom stereocenters. The molecule has 4 rings (SSSR count). The van der Waals surface area contributed by atoms with Crippen LogP contribution in [0, 0.1) is 17.0 Å². The number of hydrogen-bond acceptors (Lipinski definition) is 9. The number of methoxy groups -OCH3 is 1. The lowest BCUT2D eigenvalue weighted by molar-refractivity contribution is -0.385. The molecule has 1 N–H and O–H groups in total. The number of anilines is 2. The van der Waals surface area contributed by atoms with Crippen molar-refractivity contribution in [2.24, 2.45) is 0 Å². The van der Waals surface area contributed by atoms with E-state index in [-0.39, 0.29) is 24.0 Å². The van der Waals surface area contributed by atoms with Gasteiger partial charge in [-0.25, -0.2) is 0 Å². The number of aryl methyl sites for hydroxylation is 1. The van der Waals surface area contributed by atoms with Crippen LogP contribution >= 0.6 is 0 Å². The van der Waals surface area contributed by atoms with Gasteiger partial charge in [0.1, 0.15) is 29.4 Å². The Morgan fingerprint density at radius 2 is 1.74 bits per heavy atom. The smallest absolute Gasteiger partial charge is 0.306 e. The molecule has 39 heavy (non-hydrogen) atoms. The maximum Gasteiger partial charge on any atom is 0.306 e. The predicted octanol–water partition coefficient (Wildman–Crippen LogP) is 4.66. The number of ether oxygens (including phenoxy) is 2. The van der Waals surface area contributed by atoms with E-state index >= 15 is 0 Å². The van der Waals surface area contributed by atoms with Crippen LogP contribution in [0.25, 0.3) is 11.1 Å². The molecule has 0 atom stereocenters. The largest absolute Gasteiger partial charge is 0.496 e. The Bertz CT molecular complexity index is 1580. The Labute approximate surface area is 226 Å². The van der Waals surface area contributed by atoms with Gasteiger partial charge in [0.15, 0.2) is 0 Å². The molecule has 0 fully saturated rings. The van der Waals surface area contributed by atoms with Crippen LogP contribution in [0.5, 0.6) is 17.2 Å². The number of fused-ring (bicyclic) bond motifs is 1. The molecule has 0 bridgehead atoms. The molecule has 1 heterocycles. The highest BCUT2D eigenvalue weighted by Gasteiger charge is 2.38. The summed E-state index contributed by atoms with van der Waals surface area (Å²) in [6, 6.07) is 12.7. The highest BCUT2D eigenvalue weighted by Crippen LogP contribution is 2.45. The third-order valence-corrected chi connectivity index (χ3v) is 6.87. The molecule has 0 radical (unpaired) electrons. The van der Waals surface area contributed by atoms with E-state index in [1.807, 2.05) is 12.1 Å². The molecule has 206 valence electrons. The number of nitro groups is 1. The molecule has 0 saturated carbocycles. The topological polar surface area (TPSA) is 137 Å². The molecule has 11 nitrogen and oxygen atoms in total. The van der Waals surface area contributed by atoms with Crippen molar-refractivity contribution in [3.8, 4) is 28.4 Å². The maximum atomic E-state index is 13.2. The summed E-state index contributed by atoms with van der Waals surface area (Å²) < 4.78 is 40.0. The number of nitrogens with zero attached hydrogens (tertiary/aromatic N) is 2. The normalized spacial score (nSPS) is 14.3. The fourth-order valence-corrected chi connectivity index (χ4v) is 5.01. The number of carbonyl (C=O) groups excluding carboxylic acids is 1. The Morgan fingerprint density at radius 1 is 1.05 bits per heavy atom. The van der Waals surface area contributed by atoms with Crippen LogP contribution < -0.4 is 23.9 Å². The molecular formula is C27H29N3O8S. The second kappa shape index (κ2) is 10.1. The first-order valence-electron chi connectivity index (χ1n) is 11.9. The van der Waals surface area contributed by atoms with Gasteiger partial charge in [-0.15, -0.1) is 0 Å². The average Bonchev–Trinajstić information content (AvgIpc) is 2.85. The van der Waals surface area contributed by atoms with Crippen molar-refractivity contribution in [3.63, 3.8) is 0 Å². The van der Waals surface area contributed by atoms with E-state index in [2.05, 4.69) is 5.32 Å². The number of benzene rings is 3. The van der Waals surface area contributed by atoms with Gasteiger partial charge in [0.05, 0.1) is 35.7 Å². The van der Waals surface area contributed by atoms with Crippen molar-refractivity contribution in [3.05, 3.63) is 69.8 Å². The first-order chi connectivity index (χ1) is 18.2. The highest BCUT2D eigenvalue weighted by atomic mass is 32.2. The van der Waals surface area contributed by atoms with E-state index in [9.17, 15) is 23.3 Å². The maximum absolute atomic E-state index is 13.2. The lowest BCUT2D eigenvalue weighted by Gasteiger charge is -2.39. The van der Waals surface area contributed by atoms with Crippen LogP contribution in [0.1, 0.15) is 25.0 Å². The van der Waals surface area contributed by atoms with Crippen LogP contribution in [0.3, 0.4) is 0 Å². The summed E-state index contributed by atoms with van der Waals surface area (Å²) >= 11 is 0. The van der Waals surface area contributed by atoms with Crippen molar-refractivity contribution in [2.45, 2.75) is 32.9 Å². The lowest BCUT2D eigenvalue weighted by atomic mass is 9.91. The first kappa shape index (κ1) is 27.7. The van der Waals surface area contributed by atoms with E-state index < -0.39 is 20.6 Å². The average molecular weight is 556 g/mol. The third-order valence-electron chi connectivity index (χ3n) is 6.37. The van der Waals surface area contributed by atoms with Gasteiger partial charge in [0.25, 0.3) is 11.6 Å². The molecule has 0 saturated heterocycles. The number of likely N-dealkylation sites (N-methyl/N-ethyl adjacent to an activating group) is 1. The SMILES string of the molecule is COc1cc(OS(C)(=O)=O)ccc1-c1ccc2c(c1COc1cc([N+](=O)[O-])ccc1C)N(C)C(=O)C(C)(C)N2. The van der Waals surface area contributed by atoms with E-state index in [4.69, 9.17) is 13.7 Å². The molecule has 1 aliphatic rings. The van der Waals surface area contributed by atoms with Gasteiger partial charge in [-0.3, -0.25) is 14.9 Å². The zero-order valence-corrected chi connectivity index (χ0v) is 23.2. The van der Waals surface area contributed by atoms with Crippen LogP contribution in [0.15, 0.2) is 48.5 Å². The molecule has 0 aliphatic carbocycles. The van der Waals surface area contributed by atoms with E-state index in [1.54, 1.807) is 44.9 Å². The summed E-state index contributed by atoms with van der Waals surface area (Å²) in [7, 11) is -0.629. The number of carbonyl (C=O) groups is 1. The number of rotatable bonds is 8. The summed E-state index contributed by atoms with van der Waals surface area (Å²) in [5.74, 6) is 0.581. The van der Waals surface area contributed by atoms with Gasteiger partial charge < -0.3 is 23.9 Å². The summed E-state index contributed by atoms with van der Waals surface area (Å²) in [5, 5.41) is 14.6. The lowest BCUT2D eigenvalue weighted by Crippen LogP contribution is -2.52. The first-order valence-corrected chi connectivity index (χ1v) is 13.7. The zero-order valence-electron chi connectivity index (χ0n) is 22.4. The number of non-ortho nitro benzene ring substituents is 1. The summed E-state index contributed by atoms with van der Waals surface area (Å²) in [6.07, 6.45) is 0.948. The van der Waals surface area contributed by atoms with Crippen LogP contribution in [-0.4, -0.2) is 45.2 Å². The van der Waals surface area contributed by atoms with Gasteiger partial charge in [0.2, 0.25) is 0 Å². The van der Waals surface area contributed by atoms with Gasteiger partial charge in [-0.05, 0) is 56.2 Å². The fraction of sp³-hybridized carbons (Fsp3) is 0.296. The molecule has 0 spiro atoms. The van der Waals surface area contributed by atoms with Crippen LogP contribution in [-0.2, 0) is 21.5 Å². The Hall–Kier alpha value is -4.32. The second-order valence-corrected chi connectivity index (χ2v) is 11.3. The monoisotopic (exact) mass is 555 g/mol. The standard InChI is InChI=1S/C27H29N3O8S/c1-16-7-8-17(30(32)33)13-23(16)37-15-21-19(11-12-22-25(21)29(4)26(31)27(2,3)28-22)20-10-9-18(14-24(20)36-5)38-39(6,34)35/h7-14,28H,15H2,1-6H3. The van der Waals surface area contributed by atoms with Crippen molar-refractivity contribution in [1.82, 2.24) is 0 Å². The Balaban J connectivity index is 1.88. The van der Waals surface area contributed by atoms with Crippen molar-refractivity contribution >= 4 is 33.1 Å². The third kappa shape index (κ3) is 5.60. The predicted molar refractivity (Wildman–Crippen MR) is 147 cm³/mol.